The molecule has 6 heteroatoms. The molecular formula is C21H26N4O2. The van der Waals surface area contributed by atoms with E-state index in [2.05, 4.69) is 15.8 Å². The van der Waals surface area contributed by atoms with Crippen LogP contribution in [-0.4, -0.2) is 35.5 Å². The molecule has 3 unspecified atom stereocenters. The molecule has 0 saturated carbocycles. The second-order valence-corrected chi connectivity index (χ2v) is 7.20. The van der Waals surface area contributed by atoms with Gasteiger partial charge in [0.15, 0.2) is 0 Å². The lowest BCUT2D eigenvalue weighted by molar-refractivity contribution is -0.137. The van der Waals surface area contributed by atoms with E-state index in [0.717, 1.165) is 49.2 Å². The van der Waals surface area contributed by atoms with Gasteiger partial charge in [0.25, 0.3) is 0 Å². The van der Waals surface area contributed by atoms with Gasteiger partial charge in [-0.3, -0.25) is 9.78 Å². The summed E-state index contributed by atoms with van der Waals surface area (Å²) < 4.78 is 5.22. The van der Waals surface area contributed by atoms with Crippen molar-refractivity contribution in [1.29, 1.82) is 0 Å². The van der Waals surface area contributed by atoms with E-state index in [-0.39, 0.29) is 24.0 Å². The number of nitrogens with one attached hydrogen (secondary N) is 2. The van der Waals surface area contributed by atoms with Crippen LogP contribution in [0.3, 0.4) is 0 Å². The normalized spacial score (nSPS) is 25.4. The highest BCUT2D eigenvalue weighted by atomic mass is 16.5. The second kappa shape index (κ2) is 8.06. The predicted octanol–water partition coefficient (Wildman–Crippen LogP) is 2.75. The molecule has 2 saturated heterocycles. The molecule has 1 aromatic heterocycles. The van der Waals surface area contributed by atoms with E-state index >= 15 is 0 Å². The average molecular weight is 366 g/mol. The SMILES string of the molecule is COc1ccc(C2CC(C(=O)N3CCCCC3c3ccccn3)NN2)cc1. The second-order valence-electron chi connectivity index (χ2n) is 7.20. The molecule has 1 aromatic carbocycles. The fourth-order valence-electron chi connectivity index (χ4n) is 4.05. The molecular weight excluding hydrogens is 340 g/mol. The number of amides is 1. The third-order valence-corrected chi connectivity index (χ3v) is 5.53. The van der Waals surface area contributed by atoms with Gasteiger partial charge in [0.05, 0.1) is 18.8 Å². The van der Waals surface area contributed by atoms with Crippen LogP contribution in [0.1, 0.15) is 49.0 Å². The summed E-state index contributed by atoms with van der Waals surface area (Å²) in [5, 5.41) is 0. The standard InChI is InChI=1S/C21H26N4O2/c1-27-16-10-8-15(9-11-16)18-14-19(24-23-18)21(26)25-13-5-3-7-20(25)17-6-2-4-12-22-17/h2,4,6,8-12,18-20,23-24H,3,5,7,13-14H2,1H3. The van der Waals surface area contributed by atoms with E-state index in [1.54, 1.807) is 7.11 Å². The average Bonchev–Trinajstić information content (AvgIpc) is 3.24. The van der Waals surface area contributed by atoms with Crippen molar-refractivity contribution in [2.45, 2.75) is 43.8 Å². The highest BCUT2D eigenvalue weighted by molar-refractivity contribution is 5.82. The molecule has 27 heavy (non-hydrogen) atoms. The molecule has 3 atom stereocenters. The number of aromatic nitrogens is 1. The van der Waals surface area contributed by atoms with Crippen LogP contribution in [0.25, 0.3) is 0 Å². The summed E-state index contributed by atoms with van der Waals surface area (Å²) in [5.74, 6) is 0.998. The van der Waals surface area contributed by atoms with Crippen LogP contribution in [0, 0.1) is 0 Å². The zero-order valence-corrected chi connectivity index (χ0v) is 15.6. The van der Waals surface area contributed by atoms with Gasteiger partial charge in [-0.05, 0) is 55.5 Å². The van der Waals surface area contributed by atoms with E-state index in [1.807, 2.05) is 53.6 Å². The molecule has 0 aliphatic carbocycles. The van der Waals surface area contributed by atoms with E-state index in [4.69, 9.17) is 4.74 Å². The number of likely N-dealkylation sites (tertiary alicyclic amines) is 1. The fraction of sp³-hybridized carbons (Fsp3) is 0.429. The molecule has 2 aromatic rings. The Hall–Kier alpha value is -2.44. The maximum atomic E-state index is 13.2. The number of carbonyl (C=O) groups excluding carboxylic acids is 1. The van der Waals surface area contributed by atoms with Crippen molar-refractivity contribution < 1.29 is 9.53 Å². The maximum absolute atomic E-state index is 13.2. The largest absolute Gasteiger partial charge is 0.497 e. The van der Waals surface area contributed by atoms with Crippen LogP contribution >= 0.6 is 0 Å². The lowest BCUT2D eigenvalue weighted by atomic mass is 9.96. The highest BCUT2D eigenvalue weighted by Crippen LogP contribution is 2.32. The van der Waals surface area contributed by atoms with Gasteiger partial charge in [0.2, 0.25) is 5.91 Å². The van der Waals surface area contributed by atoms with Gasteiger partial charge >= 0.3 is 0 Å². The molecule has 0 bridgehead atoms. The number of pyridine rings is 1. The summed E-state index contributed by atoms with van der Waals surface area (Å²) >= 11 is 0. The smallest absolute Gasteiger partial charge is 0.241 e. The molecule has 2 N–H and O–H groups in total. The van der Waals surface area contributed by atoms with Gasteiger partial charge in [-0.2, -0.15) is 0 Å². The van der Waals surface area contributed by atoms with Crippen molar-refractivity contribution in [2.24, 2.45) is 0 Å². The van der Waals surface area contributed by atoms with Crippen LogP contribution in [-0.2, 0) is 4.79 Å². The first-order chi connectivity index (χ1) is 13.3. The van der Waals surface area contributed by atoms with Gasteiger partial charge in [-0.15, -0.1) is 0 Å². The Morgan fingerprint density at radius 3 is 2.74 bits per heavy atom. The van der Waals surface area contributed by atoms with E-state index in [9.17, 15) is 4.79 Å². The third-order valence-electron chi connectivity index (χ3n) is 5.53. The highest BCUT2D eigenvalue weighted by Gasteiger charge is 2.37. The molecule has 1 amide bonds. The Labute approximate surface area is 159 Å². The number of rotatable bonds is 4. The lowest BCUT2D eigenvalue weighted by Crippen LogP contribution is -2.48. The molecule has 0 spiro atoms. The number of nitrogens with zero attached hydrogens (tertiary/aromatic N) is 2. The first-order valence-electron chi connectivity index (χ1n) is 9.62. The minimum Gasteiger partial charge on any atom is -0.497 e. The summed E-state index contributed by atoms with van der Waals surface area (Å²) in [6.45, 7) is 0.797. The molecule has 3 heterocycles. The first-order valence-corrected chi connectivity index (χ1v) is 9.62. The maximum Gasteiger partial charge on any atom is 0.241 e. The number of benzene rings is 1. The van der Waals surface area contributed by atoms with Crippen molar-refractivity contribution in [3.05, 3.63) is 59.9 Å². The monoisotopic (exact) mass is 366 g/mol. The Morgan fingerprint density at radius 2 is 2.00 bits per heavy atom. The van der Waals surface area contributed by atoms with E-state index in [0.29, 0.717) is 0 Å². The molecule has 142 valence electrons. The van der Waals surface area contributed by atoms with Crippen molar-refractivity contribution in [3.8, 4) is 5.75 Å². The molecule has 2 aliphatic heterocycles. The quantitative estimate of drug-likeness (QED) is 0.871. The van der Waals surface area contributed by atoms with Crippen LogP contribution in [0.4, 0.5) is 0 Å². The predicted molar refractivity (Wildman–Crippen MR) is 103 cm³/mol. The summed E-state index contributed by atoms with van der Waals surface area (Å²) in [7, 11) is 1.66. The van der Waals surface area contributed by atoms with Crippen molar-refractivity contribution in [1.82, 2.24) is 20.7 Å². The minimum atomic E-state index is -0.221. The Bertz CT molecular complexity index is 766. The van der Waals surface area contributed by atoms with Crippen LogP contribution in [0.15, 0.2) is 48.7 Å². The van der Waals surface area contributed by atoms with Gasteiger partial charge in [-0.25, -0.2) is 10.9 Å². The van der Waals surface area contributed by atoms with Gasteiger partial charge in [-0.1, -0.05) is 18.2 Å². The van der Waals surface area contributed by atoms with Crippen molar-refractivity contribution in [3.63, 3.8) is 0 Å². The van der Waals surface area contributed by atoms with Crippen molar-refractivity contribution in [2.75, 3.05) is 13.7 Å². The summed E-state index contributed by atoms with van der Waals surface area (Å²) in [5.41, 5.74) is 8.63. The number of hydrazine groups is 1. The number of hydrogen-bond donors (Lipinski definition) is 2. The number of piperidine rings is 1. The number of methoxy groups -OCH3 is 1. The number of carbonyl (C=O) groups is 1. The zero-order chi connectivity index (χ0) is 18.6. The van der Waals surface area contributed by atoms with Crippen LogP contribution in [0.2, 0.25) is 0 Å². The Kier molecular flexibility index (Phi) is 5.36. The van der Waals surface area contributed by atoms with E-state index < -0.39 is 0 Å². The molecule has 2 fully saturated rings. The van der Waals surface area contributed by atoms with E-state index in [1.165, 1.54) is 0 Å². The summed E-state index contributed by atoms with van der Waals surface area (Å²) in [6, 6.07) is 13.9. The first kappa shape index (κ1) is 17.9. The topological polar surface area (TPSA) is 66.5 Å². The van der Waals surface area contributed by atoms with Gasteiger partial charge in [0, 0.05) is 18.8 Å². The summed E-state index contributed by atoms with van der Waals surface area (Å²) in [6.07, 6.45) is 5.70. The lowest BCUT2D eigenvalue weighted by Gasteiger charge is -2.36. The summed E-state index contributed by atoms with van der Waals surface area (Å²) in [4.78, 5) is 19.8. The van der Waals surface area contributed by atoms with Crippen LogP contribution in [0.5, 0.6) is 5.75 Å². The fourth-order valence-corrected chi connectivity index (χ4v) is 4.05. The zero-order valence-electron chi connectivity index (χ0n) is 15.6. The Morgan fingerprint density at radius 1 is 1.15 bits per heavy atom. The molecule has 0 radical (unpaired) electrons. The molecule has 2 aliphatic rings. The van der Waals surface area contributed by atoms with Crippen molar-refractivity contribution >= 4 is 5.91 Å². The van der Waals surface area contributed by atoms with Gasteiger partial charge in [0.1, 0.15) is 11.8 Å². The molecule has 6 nitrogen and oxygen atoms in total. The number of ether oxygens (including phenoxy) is 1. The van der Waals surface area contributed by atoms with Crippen LogP contribution < -0.4 is 15.6 Å². The Balaban J connectivity index is 1.45. The van der Waals surface area contributed by atoms with Gasteiger partial charge < -0.3 is 9.64 Å². The minimum absolute atomic E-state index is 0.0780. The third kappa shape index (κ3) is 3.82. The molecule has 4 rings (SSSR count). The number of hydrogen-bond acceptors (Lipinski definition) is 5.